The van der Waals surface area contributed by atoms with Gasteiger partial charge in [-0.05, 0) is 42.8 Å². The molecule has 0 radical (unpaired) electrons. The number of aryl methyl sites for hydroxylation is 1. The highest BCUT2D eigenvalue weighted by atomic mass is 32.2. The van der Waals surface area contributed by atoms with E-state index in [1.807, 2.05) is 25.1 Å². The minimum absolute atomic E-state index is 0.0533. The lowest BCUT2D eigenvalue weighted by atomic mass is 10.1. The first-order valence-electron chi connectivity index (χ1n) is 7.34. The number of carbonyl (C=O) groups excluding carboxylic acids is 1. The lowest BCUT2D eigenvalue weighted by Crippen LogP contribution is -2.02. The van der Waals surface area contributed by atoms with Gasteiger partial charge in [-0.15, -0.1) is 0 Å². The molecule has 0 fully saturated rings. The average molecular weight is 339 g/mol. The number of aromatic nitrogens is 3. The molecule has 0 amide bonds. The first kappa shape index (κ1) is 14.8. The standard InChI is InChI=1S/C17H13N3O3S/c1-9-2-4-11-13(6-9)19-16(18-11)24-8-14(21)10-3-5-12-15(7-10)23-17(22)20-12/h2-7H,8H2,1H3,(H,18,19)(H,20,22). The molecule has 2 aromatic carbocycles. The number of Topliss-reactive ketones (excluding diaryl/α,β-unsaturated/α-hetero) is 1. The molecule has 4 rings (SSSR count). The molecule has 2 heterocycles. The number of ketones is 1. The minimum atomic E-state index is -0.526. The van der Waals surface area contributed by atoms with Gasteiger partial charge >= 0.3 is 5.76 Å². The summed E-state index contributed by atoms with van der Waals surface area (Å²) in [6.45, 7) is 2.02. The van der Waals surface area contributed by atoms with Gasteiger partial charge in [0.1, 0.15) is 0 Å². The van der Waals surface area contributed by atoms with Gasteiger partial charge in [0.25, 0.3) is 0 Å². The van der Waals surface area contributed by atoms with Crippen LogP contribution in [0.15, 0.2) is 50.8 Å². The molecule has 0 aliphatic heterocycles. The van der Waals surface area contributed by atoms with Crippen LogP contribution >= 0.6 is 11.8 Å². The van der Waals surface area contributed by atoms with Crippen molar-refractivity contribution in [3.63, 3.8) is 0 Å². The molecule has 0 aliphatic carbocycles. The van der Waals surface area contributed by atoms with E-state index in [1.54, 1.807) is 18.2 Å². The fourth-order valence-corrected chi connectivity index (χ4v) is 3.28. The van der Waals surface area contributed by atoms with E-state index in [0.717, 1.165) is 16.6 Å². The van der Waals surface area contributed by atoms with Crippen molar-refractivity contribution < 1.29 is 9.21 Å². The van der Waals surface area contributed by atoms with Crippen LogP contribution in [-0.2, 0) is 0 Å². The van der Waals surface area contributed by atoms with Crippen LogP contribution in [0, 0.1) is 6.92 Å². The predicted octanol–water partition coefficient (Wildman–Crippen LogP) is 3.28. The molecule has 0 spiro atoms. The Balaban J connectivity index is 1.52. The third-order valence-corrected chi connectivity index (χ3v) is 4.57. The number of hydrogen-bond donors (Lipinski definition) is 2. The van der Waals surface area contributed by atoms with Gasteiger partial charge in [0.2, 0.25) is 0 Å². The topological polar surface area (TPSA) is 91.8 Å². The Morgan fingerprint density at radius 1 is 1.17 bits per heavy atom. The Kier molecular flexibility index (Phi) is 3.50. The van der Waals surface area contributed by atoms with Crippen LogP contribution in [0.5, 0.6) is 0 Å². The molecule has 120 valence electrons. The number of oxazole rings is 1. The number of benzene rings is 2. The zero-order valence-corrected chi connectivity index (χ0v) is 13.6. The number of imidazole rings is 1. The van der Waals surface area contributed by atoms with Gasteiger partial charge < -0.3 is 9.40 Å². The fourth-order valence-electron chi connectivity index (χ4n) is 2.50. The summed E-state index contributed by atoms with van der Waals surface area (Å²) in [5.74, 6) is -0.331. The molecule has 0 atom stereocenters. The number of hydrogen-bond acceptors (Lipinski definition) is 5. The van der Waals surface area contributed by atoms with Crippen LogP contribution in [-0.4, -0.2) is 26.5 Å². The largest absolute Gasteiger partial charge is 0.417 e. The van der Waals surface area contributed by atoms with Crippen molar-refractivity contribution >= 4 is 39.7 Å². The van der Waals surface area contributed by atoms with Crippen molar-refractivity contribution in [2.75, 3.05) is 5.75 Å². The van der Waals surface area contributed by atoms with E-state index >= 15 is 0 Å². The first-order valence-corrected chi connectivity index (χ1v) is 8.32. The summed E-state index contributed by atoms with van der Waals surface area (Å²) in [5.41, 5.74) is 4.46. The first-order chi connectivity index (χ1) is 11.6. The maximum Gasteiger partial charge on any atom is 0.417 e. The summed E-state index contributed by atoms with van der Waals surface area (Å²) < 4.78 is 4.98. The van der Waals surface area contributed by atoms with Crippen molar-refractivity contribution in [1.82, 2.24) is 15.0 Å². The summed E-state index contributed by atoms with van der Waals surface area (Å²) in [4.78, 5) is 33.7. The third kappa shape index (κ3) is 2.74. The normalized spacial score (nSPS) is 11.4. The highest BCUT2D eigenvalue weighted by molar-refractivity contribution is 7.99. The summed E-state index contributed by atoms with van der Waals surface area (Å²) in [6.07, 6.45) is 0. The Morgan fingerprint density at radius 2 is 2.04 bits per heavy atom. The van der Waals surface area contributed by atoms with Crippen molar-refractivity contribution in [1.29, 1.82) is 0 Å². The quantitative estimate of drug-likeness (QED) is 0.440. The summed E-state index contributed by atoms with van der Waals surface area (Å²) in [5, 5.41) is 0.707. The zero-order valence-electron chi connectivity index (χ0n) is 12.8. The molecule has 6 nitrogen and oxygen atoms in total. The highest BCUT2D eigenvalue weighted by Crippen LogP contribution is 2.22. The number of nitrogens with one attached hydrogen (secondary N) is 2. The molecule has 2 N–H and O–H groups in total. The molecule has 4 aromatic rings. The van der Waals surface area contributed by atoms with Gasteiger partial charge in [-0.2, -0.15) is 0 Å². The summed E-state index contributed by atoms with van der Waals surface area (Å²) in [6, 6.07) is 10.9. The molecule has 0 unspecified atom stereocenters. The second kappa shape index (κ2) is 5.68. The summed E-state index contributed by atoms with van der Waals surface area (Å²) >= 11 is 1.35. The van der Waals surface area contributed by atoms with Crippen molar-refractivity contribution in [3.8, 4) is 0 Å². The van der Waals surface area contributed by atoms with Gasteiger partial charge in [-0.25, -0.2) is 9.78 Å². The molecule has 0 saturated heterocycles. The monoisotopic (exact) mass is 339 g/mol. The summed E-state index contributed by atoms with van der Waals surface area (Å²) in [7, 11) is 0. The number of nitrogens with zero attached hydrogens (tertiary/aromatic N) is 1. The molecule has 7 heteroatoms. The predicted molar refractivity (Wildman–Crippen MR) is 92.7 cm³/mol. The van der Waals surface area contributed by atoms with E-state index in [1.165, 1.54) is 11.8 Å². The SMILES string of the molecule is Cc1ccc2nc(SCC(=O)c3ccc4[nH]c(=O)oc4c3)[nH]c2c1. The number of thioether (sulfide) groups is 1. The molecule has 0 bridgehead atoms. The van der Waals surface area contributed by atoms with Gasteiger partial charge in [0, 0.05) is 5.56 Å². The number of H-pyrrole nitrogens is 2. The van der Waals surface area contributed by atoms with Gasteiger partial charge in [0.05, 0.1) is 22.3 Å². The van der Waals surface area contributed by atoms with Crippen LogP contribution < -0.4 is 5.76 Å². The maximum atomic E-state index is 12.3. The third-order valence-electron chi connectivity index (χ3n) is 3.70. The second-order valence-corrected chi connectivity index (χ2v) is 6.46. The molecular formula is C17H13N3O3S. The Labute approximate surface area is 140 Å². The lowest BCUT2D eigenvalue weighted by Gasteiger charge is -1.99. The Morgan fingerprint density at radius 3 is 2.92 bits per heavy atom. The van der Waals surface area contributed by atoms with Crippen LogP contribution in [0.1, 0.15) is 15.9 Å². The van der Waals surface area contributed by atoms with Crippen molar-refractivity contribution in [2.45, 2.75) is 12.1 Å². The van der Waals surface area contributed by atoms with Gasteiger partial charge in [-0.3, -0.25) is 9.78 Å². The van der Waals surface area contributed by atoms with E-state index in [9.17, 15) is 9.59 Å². The maximum absolute atomic E-state index is 12.3. The van der Waals surface area contributed by atoms with E-state index in [4.69, 9.17) is 4.42 Å². The van der Waals surface area contributed by atoms with E-state index in [-0.39, 0.29) is 11.5 Å². The number of carbonyl (C=O) groups is 1. The molecular weight excluding hydrogens is 326 g/mol. The van der Waals surface area contributed by atoms with Crippen molar-refractivity contribution in [2.24, 2.45) is 0 Å². The zero-order chi connectivity index (χ0) is 16.7. The number of rotatable bonds is 4. The minimum Gasteiger partial charge on any atom is -0.408 e. The van der Waals surface area contributed by atoms with Crippen LogP contribution in [0.3, 0.4) is 0 Å². The smallest absolute Gasteiger partial charge is 0.408 e. The van der Waals surface area contributed by atoms with Crippen LogP contribution in [0.2, 0.25) is 0 Å². The number of fused-ring (bicyclic) bond motifs is 2. The van der Waals surface area contributed by atoms with Crippen LogP contribution in [0.25, 0.3) is 22.1 Å². The molecule has 0 saturated carbocycles. The second-order valence-electron chi connectivity index (χ2n) is 5.50. The van der Waals surface area contributed by atoms with Crippen LogP contribution in [0.4, 0.5) is 0 Å². The van der Waals surface area contributed by atoms with Gasteiger partial charge in [-0.1, -0.05) is 17.8 Å². The molecule has 2 aromatic heterocycles. The number of aromatic amines is 2. The average Bonchev–Trinajstić information content (AvgIpc) is 3.12. The Hall–Kier alpha value is -2.80. The van der Waals surface area contributed by atoms with Crippen molar-refractivity contribution in [3.05, 3.63) is 58.1 Å². The highest BCUT2D eigenvalue weighted by Gasteiger charge is 2.11. The molecule has 0 aliphatic rings. The van der Waals surface area contributed by atoms with E-state index in [2.05, 4.69) is 15.0 Å². The Bertz CT molecular complexity index is 1120. The van der Waals surface area contributed by atoms with Gasteiger partial charge in [0.15, 0.2) is 16.5 Å². The molecule has 24 heavy (non-hydrogen) atoms. The fraction of sp³-hybridized carbons (Fsp3) is 0.118. The van der Waals surface area contributed by atoms with E-state index in [0.29, 0.717) is 21.8 Å². The lowest BCUT2D eigenvalue weighted by molar-refractivity contribution is 0.102. The van der Waals surface area contributed by atoms with E-state index < -0.39 is 5.76 Å².